The van der Waals surface area contributed by atoms with E-state index in [0.717, 1.165) is 22.7 Å². The highest BCUT2D eigenvalue weighted by Gasteiger charge is 2.19. The molecule has 0 aliphatic heterocycles. The number of aromatic nitrogens is 3. The first-order valence-electron chi connectivity index (χ1n) is 8.60. The van der Waals surface area contributed by atoms with Crippen molar-refractivity contribution in [3.63, 3.8) is 0 Å². The lowest BCUT2D eigenvalue weighted by Gasteiger charge is -2.12. The zero-order chi connectivity index (χ0) is 19.2. The van der Waals surface area contributed by atoms with Gasteiger partial charge in [0.1, 0.15) is 5.75 Å². The highest BCUT2D eigenvalue weighted by molar-refractivity contribution is 8.00. The second-order valence-electron chi connectivity index (χ2n) is 6.06. The number of hydrogen-bond acceptors (Lipinski definition) is 5. The van der Waals surface area contributed by atoms with E-state index < -0.39 is 0 Å². The summed E-state index contributed by atoms with van der Waals surface area (Å²) in [5.41, 5.74) is 2.02. The average Bonchev–Trinajstić information content (AvgIpc) is 3.07. The molecule has 1 amide bonds. The lowest BCUT2D eigenvalue weighted by molar-refractivity contribution is -0.120. The summed E-state index contributed by atoms with van der Waals surface area (Å²) in [7, 11) is 3.53. The molecule has 0 saturated heterocycles. The zero-order valence-corrected chi connectivity index (χ0v) is 16.4. The summed E-state index contributed by atoms with van der Waals surface area (Å²) >= 11 is 1.39. The SMILES string of the molecule is COc1ccc(-c2nnc(SC(C)C(=O)NCc3ccccc3)n2C)cc1. The van der Waals surface area contributed by atoms with Crippen LogP contribution in [0.1, 0.15) is 12.5 Å². The van der Waals surface area contributed by atoms with Gasteiger partial charge in [-0.2, -0.15) is 0 Å². The van der Waals surface area contributed by atoms with Gasteiger partial charge in [-0.3, -0.25) is 4.79 Å². The van der Waals surface area contributed by atoms with Gasteiger partial charge in [0.05, 0.1) is 12.4 Å². The molecule has 0 bridgehead atoms. The Morgan fingerprint density at radius 3 is 2.52 bits per heavy atom. The molecule has 7 heteroatoms. The van der Waals surface area contributed by atoms with Gasteiger partial charge in [-0.1, -0.05) is 42.1 Å². The van der Waals surface area contributed by atoms with Crippen LogP contribution in [0, 0.1) is 0 Å². The van der Waals surface area contributed by atoms with Crippen LogP contribution in [-0.2, 0) is 18.4 Å². The second-order valence-corrected chi connectivity index (χ2v) is 7.37. The van der Waals surface area contributed by atoms with Gasteiger partial charge in [0.25, 0.3) is 0 Å². The van der Waals surface area contributed by atoms with Crippen molar-refractivity contribution in [2.75, 3.05) is 7.11 Å². The normalized spacial score (nSPS) is 11.8. The van der Waals surface area contributed by atoms with Crippen molar-refractivity contribution in [1.29, 1.82) is 0 Å². The molecule has 3 rings (SSSR count). The Balaban J connectivity index is 1.63. The molecule has 27 heavy (non-hydrogen) atoms. The van der Waals surface area contributed by atoms with Crippen LogP contribution < -0.4 is 10.1 Å². The number of benzene rings is 2. The lowest BCUT2D eigenvalue weighted by Crippen LogP contribution is -2.30. The van der Waals surface area contributed by atoms with Crippen molar-refractivity contribution in [3.05, 3.63) is 60.2 Å². The third kappa shape index (κ3) is 4.68. The number of thioether (sulfide) groups is 1. The smallest absolute Gasteiger partial charge is 0.233 e. The third-order valence-corrected chi connectivity index (χ3v) is 5.28. The second kappa shape index (κ2) is 8.73. The van der Waals surface area contributed by atoms with Gasteiger partial charge < -0.3 is 14.6 Å². The number of methoxy groups -OCH3 is 1. The molecule has 0 aliphatic rings. The van der Waals surface area contributed by atoms with E-state index >= 15 is 0 Å². The summed E-state index contributed by atoms with van der Waals surface area (Å²) in [6, 6.07) is 17.5. The highest BCUT2D eigenvalue weighted by Crippen LogP contribution is 2.26. The Labute approximate surface area is 163 Å². The van der Waals surface area contributed by atoms with Crippen molar-refractivity contribution in [2.24, 2.45) is 7.05 Å². The lowest BCUT2D eigenvalue weighted by atomic mass is 10.2. The molecule has 1 N–H and O–H groups in total. The maximum Gasteiger partial charge on any atom is 0.233 e. The van der Waals surface area contributed by atoms with E-state index in [-0.39, 0.29) is 11.2 Å². The summed E-state index contributed by atoms with van der Waals surface area (Å²) in [5, 5.41) is 11.9. The number of nitrogens with zero attached hydrogens (tertiary/aromatic N) is 3. The Kier molecular flexibility index (Phi) is 6.13. The van der Waals surface area contributed by atoms with Crippen LogP contribution in [-0.4, -0.2) is 33.0 Å². The minimum Gasteiger partial charge on any atom is -0.497 e. The summed E-state index contributed by atoms with van der Waals surface area (Å²) in [6.45, 7) is 2.38. The van der Waals surface area contributed by atoms with E-state index in [9.17, 15) is 4.79 Å². The fourth-order valence-electron chi connectivity index (χ4n) is 2.55. The molecule has 6 nitrogen and oxygen atoms in total. The van der Waals surface area contributed by atoms with Crippen molar-refractivity contribution < 1.29 is 9.53 Å². The first-order valence-corrected chi connectivity index (χ1v) is 9.48. The fraction of sp³-hybridized carbons (Fsp3) is 0.250. The number of ether oxygens (including phenoxy) is 1. The van der Waals surface area contributed by atoms with E-state index in [1.54, 1.807) is 7.11 Å². The largest absolute Gasteiger partial charge is 0.497 e. The zero-order valence-electron chi connectivity index (χ0n) is 15.5. The summed E-state index contributed by atoms with van der Waals surface area (Å²) in [4.78, 5) is 12.4. The van der Waals surface area contributed by atoms with Crippen LogP contribution in [0.25, 0.3) is 11.4 Å². The Hall–Kier alpha value is -2.80. The molecule has 1 unspecified atom stereocenters. The predicted molar refractivity (Wildman–Crippen MR) is 107 cm³/mol. The van der Waals surface area contributed by atoms with Crippen molar-refractivity contribution in [3.8, 4) is 17.1 Å². The Morgan fingerprint density at radius 1 is 1.15 bits per heavy atom. The standard InChI is InChI=1S/C20H22N4O2S/c1-14(19(25)21-13-15-7-5-4-6-8-15)27-20-23-22-18(24(20)2)16-9-11-17(26-3)12-10-16/h4-12,14H,13H2,1-3H3,(H,21,25). The van der Waals surface area contributed by atoms with Crippen LogP contribution in [0.15, 0.2) is 59.8 Å². The monoisotopic (exact) mass is 382 g/mol. The number of amides is 1. The molecule has 140 valence electrons. The number of carbonyl (C=O) groups excluding carboxylic acids is 1. The minimum atomic E-state index is -0.277. The average molecular weight is 382 g/mol. The van der Waals surface area contributed by atoms with Crippen molar-refractivity contribution in [2.45, 2.75) is 23.9 Å². The van der Waals surface area contributed by atoms with Gasteiger partial charge in [-0.15, -0.1) is 10.2 Å². The molecule has 0 radical (unpaired) electrons. The van der Waals surface area contributed by atoms with Crippen LogP contribution >= 0.6 is 11.8 Å². The number of hydrogen-bond donors (Lipinski definition) is 1. The van der Waals surface area contributed by atoms with Gasteiger partial charge in [0.2, 0.25) is 5.91 Å². The molecule has 2 aromatic carbocycles. The molecule has 1 atom stereocenters. The quantitative estimate of drug-likeness (QED) is 0.635. The number of nitrogens with one attached hydrogen (secondary N) is 1. The highest BCUT2D eigenvalue weighted by atomic mass is 32.2. The molecule has 0 aliphatic carbocycles. The molecule has 0 spiro atoms. The Bertz CT molecular complexity index is 894. The molecular weight excluding hydrogens is 360 g/mol. The maximum absolute atomic E-state index is 12.4. The topological polar surface area (TPSA) is 69.0 Å². The summed E-state index contributed by atoms with van der Waals surface area (Å²) in [5.74, 6) is 1.51. The third-order valence-electron chi connectivity index (χ3n) is 4.14. The fourth-order valence-corrected chi connectivity index (χ4v) is 3.39. The minimum absolute atomic E-state index is 0.0298. The van der Waals surface area contributed by atoms with Gasteiger partial charge in [-0.25, -0.2) is 0 Å². The molecule has 0 saturated carbocycles. The van der Waals surface area contributed by atoms with E-state index in [0.29, 0.717) is 11.7 Å². The summed E-state index contributed by atoms with van der Waals surface area (Å²) in [6.07, 6.45) is 0. The van der Waals surface area contributed by atoms with Crippen LogP contribution in [0.2, 0.25) is 0 Å². The Morgan fingerprint density at radius 2 is 1.85 bits per heavy atom. The number of rotatable bonds is 7. The van der Waals surface area contributed by atoms with E-state index in [2.05, 4.69) is 15.5 Å². The van der Waals surface area contributed by atoms with E-state index in [1.165, 1.54) is 11.8 Å². The number of carbonyl (C=O) groups is 1. The predicted octanol–water partition coefficient (Wildman–Crippen LogP) is 3.29. The van der Waals surface area contributed by atoms with E-state index in [1.807, 2.05) is 73.1 Å². The van der Waals surface area contributed by atoms with Crippen LogP contribution in [0.3, 0.4) is 0 Å². The van der Waals surface area contributed by atoms with Gasteiger partial charge >= 0.3 is 0 Å². The van der Waals surface area contributed by atoms with Crippen LogP contribution in [0.5, 0.6) is 5.75 Å². The molecular formula is C20H22N4O2S. The first kappa shape index (κ1) is 19.0. The van der Waals surface area contributed by atoms with Crippen LogP contribution in [0.4, 0.5) is 0 Å². The van der Waals surface area contributed by atoms with E-state index in [4.69, 9.17) is 4.74 Å². The molecule has 3 aromatic rings. The van der Waals surface area contributed by atoms with Gasteiger partial charge in [-0.05, 0) is 36.8 Å². The van der Waals surface area contributed by atoms with Gasteiger partial charge in [0.15, 0.2) is 11.0 Å². The summed E-state index contributed by atoms with van der Waals surface area (Å²) < 4.78 is 7.08. The first-order chi connectivity index (χ1) is 13.1. The molecule has 1 heterocycles. The molecule has 1 aromatic heterocycles. The van der Waals surface area contributed by atoms with Gasteiger partial charge in [0, 0.05) is 19.2 Å². The van der Waals surface area contributed by atoms with Crippen molar-refractivity contribution >= 4 is 17.7 Å². The van der Waals surface area contributed by atoms with Crippen molar-refractivity contribution in [1.82, 2.24) is 20.1 Å². The maximum atomic E-state index is 12.4. The molecule has 0 fully saturated rings.